The van der Waals surface area contributed by atoms with E-state index in [4.69, 9.17) is 14.4 Å². The second kappa shape index (κ2) is 3.70. The molecule has 0 atom stereocenters. The minimum Gasteiger partial charge on any atom is -0.495 e. The van der Waals surface area contributed by atoms with E-state index < -0.39 is 5.97 Å². The maximum absolute atomic E-state index is 10.5. The third-order valence-electron chi connectivity index (χ3n) is 1.66. The van der Waals surface area contributed by atoms with Crippen molar-refractivity contribution in [2.24, 2.45) is 0 Å². The van der Waals surface area contributed by atoms with Crippen molar-refractivity contribution in [3.05, 3.63) is 17.3 Å². The number of carboxylic acids is 1. The summed E-state index contributed by atoms with van der Waals surface area (Å²) >= 11 is 1.34. The molecule has 6 nitrogen and oxygen atoms in total. The molecule has 0 saturated heterocycles. The maximum Gasteiger partial charge on any atom is 0.377 e. The molecule has 15 heavy (non-hydrogen) atoms. The Morgan fingerprint density at radius 3 is 3.07 bits per heavy atom. The third-order valence-corrected chi connectivity index (χ3v) is 2.54. The fourth-order valence-corrected chi connectivity index (χ4v) is 1.80. The van der Waals surface area contributed by atoms with Crippen LogP contribution in [0.1, 0.15) is 10.6 Å². The van der Waals surface area contributed by atoms with E-state index >= 15 is 0 Å². The zero-order valence-electron chi connectivity index (χ0n) is 7.63. The summed E-state index contributed by atoms with van der Waals surface area (Å²) in [6, 6.07) is 1.74. The maximum atomic E-state index is 10.5. The quantitative estimate of drug-likeness (QED) is 0.853. The largest absolute Gasteiger partial charge is 0.495 e. The fraction of sp³-hybridized carbons (Fsp3) is 0.125. The van der Waals surface area contributed by atoms with Crippen LogP contribution in [0.2, 0.25) is 0 Å². The number of ether oxygens (including phenoxy) is 1. The average molecular weight is 226 g/mol. The van der Waals surface area contributed by atoms with Crippen molar-refractivity contribution in [1.29, 1.82) is 0 Å². The Bertz CT molecular complexity index is 490. The van der Waals surface area contributed by atoms with E-state index in [1.807, 2.05) is 0 Å². The molecule has 0 radical (unpaired) electrons. The van der Waals surface area contributed by atoms with Crippen molar-refractivity contribution in [2.75, 3.05) is 7.11 Å². The van der Waals surface area contributed by atoms with Crippen molar-refractivity contribution >= 4 is 17.3 Å². The first kappa shape index (κ1) is 9.66. The predicted molar refractivity (Wildman–Crippen MR) is 51.1 cm³/mol. The van der Waals surface area contributed by atoms with Crippen LogP contribution in [0, 0.1) is 0 Å². The van der Waals surface area contributed by atoms with Gasteiger partial charge in [0.25, 0.3) is 11.7 Å². The van der Waals surface area contributed by atoms with Gasteiger partial charge in [0.1, 0.15) is 10.6 Å². The molecule has 0 saturated carbocycles. The molecule has 2 aromatic heterocycles. The molecule has 0 unspecified atom stereocenters. The van der Waals surface area contributed by atoms with Crippen LogP contribution in [0.5, 0.6) is 5.75 Å². The van der Waals surface area contributed by atoms with Gasteiger partial charge in [-0.25, -0.2) is 4.79 Å². The zero-order valence-corrected chi connectivity index (χ0v) is 8.45. The SMILES string of the molecule is COc1ccsc1-c1nc(C(=O)O)no1. The molecule has 78 valence electrons. The number of hydrogen-bond acceptors (Lipinski definition) is 6. The van der Waals surface area contributed by atoms with Crippen LogP contribution in [0.3, 0.4) is 0 Å². The van der Waals surface area contributed by atoms with Crippen LogP contribution in [0.4, 0.5) is 0 Å². The van der Waals surface area contributed by atoms with Gasteiger partial charge in [-0.05, 0) is 16.6 Å². The molecule has 7 heteroatoms. The second-order valence-corrected chi connectivity index (χ2v) is 3.46. The number of aromatic carboxylic acids is 1. The monoisotopic (exact) mass is 226 g/mol. The van der Waals surface area contributed by atoms with Crippen molar-refractivity contribution < 1.29 is 19.2 Å². The number of nitrogens with zero attached hydrogens (tertiary/aromatic N) is 2. The minimum atomic E-state index is -1.22. The Morgan fingerprint density at radius 1 is 1.67 bits per heavy atom. The molecule has 0 amide bonds. The van der Waals surface area contributed by atoms with Crippen LogP contribution in [-0.4, -0.2) is 28.3 Å². The number of aromatic nitrogens is 2. The van der Waals surface area contributed by atoms with Crippen molar-refractivity contribution in [2.45, 2.75) is 0 Å². The molecule has 2 rings (SSSR count). The lowest BCUT2D eigenvalue weighted by Gasteiger charge is -1.95. The van der Waals surface area contributed by atoms with Crippen LogP contribution in [0.15, 0.2) is 16.0 Å². The molecule has 0 aromatic carbocycles. The Labute approximate surface area is 88.1 Å². The summed E-state index contributed by atoms with van der Waals surface area (Å²) in [6.45, 7) is 0. The molecule has 1 N–H and O–H groups in total. The van der Waals surface area contributed by atoms with Crippen LogP contribution in [0.25, 0.3) is 10.8 Å². The predicted octanol–water partition coefficient (Wildman–Crippen LogP) is 1.50. The van der Waals surface area contributed by atoms with Gasteiger partial charge in [0.2, 0.25) is 0 Å². The van der Waals surface area contributed by atoms with Gasteiger partial charge in [0.15, 0.2) is 0 Å². The van der Waals surface area contributed by atoms with E-state index in [0.29, 0.717) is 10.6 Å². The molecule has 0 aliphatic carbocycles. The van der Waals surface area contributed by atoms with Gasteiger partial charge in [0.05, 0.1) is 7.11 Å². The number of rotatable bonds is 3. The highest BCUT2D eigenvalue weighted by atomic mass is 32.1. The topological polar surface area (TPSA) is 85.5 Å². The summed E-state index contributed by atoms with van der Waals surface area (Å²) in [5, 5.41) is 13.7. The Morgan fingerprint density at radius 2 is 2.47 bits per heavy atom. The van der Waals surface area contributed by atoms with Gasteiger partial charge in [-0.15, -0.1) is 11.3 Å². The number of methoxy groups -OCH3 is 1. The van der Waals surface area contributed by atoms with Gasteiger partial charge >= 0.3 is 5.97 Å². The molecule has 2 aromatic rings. The molecule has 0 fully saturated rings. The minimum absolute atomic E-state index is 0.152. The van der Waals surface area contributed by atoms with E-state index in [9.17, 15) is 4.79 Å². The van der Waals surface area contributed by atoms with Crippen molar-refractivity contribution in [3.63, 3.8) is 0 Å². The molecule has 0 spiro atoms. The summed E-state index contributed by atoms with van der Waals surface area (Å²) in [4.78, 5) is 14.9. The van der Waals surface area contributed by atoms with E-state index in [1.165, 1.54) is 18.4 Å². The second-order valence-electron chi connectivity index (χ2n) is 2.55. The van der Waals surface area contributed by atoms with Crippen molar-refractivity contribution in [3.8, 4) is 16.5 Å². The first-order chi connectivity index (χ1) is 7.22. The number of carbonyl (C=O) groups is 1. The highest BCUT2D eigenvalue weighted by molar-refractivity contribution is 7.13. The van der Waals surface area contributed by atoms with E-state index in [1.54, 1.807) is 11.4 Å². The van der Waals surface area contributed by atoms with Gasteiger partial charge in [0, 0.05) is 0 Å². The van der Waals surface area contributed by atoms with Crippen LogP contribution in [-0.2, 0) is 0 Å². The van der Waals surface area contributed by atoms with Crippen LogP contribution < -0.4 is 4.74 Å². The van der Waals surface area contributed by atoms with Gasteiger partial charge < -0.3 is 14.4 Å². The molecule has 0 aliphatic rings. The van der Waals surface area contributed by atoms with Gasteiger partial charge in [-0.3, -0.25) is 0 Å². The lowest BCUT2D eigenvalue weighted by atomic mass is 10.4. The van der Waals surface area contributed by atoms with Gasteiger partial charge in [-0.1, -0.05) is 0 Å². The molecular formula is C8H6N2O4S. The Kier molecular flexibility index (Phi) is 2.38. The summed E-state index contributed by atoms with van der Waals surface area (Å²) < 4.78 is 9.85. The van der Waals surface area contributed by atoms with E-state index in [2.05, 4.69) is 10.1 Å². The Balaban J connectivity index is 2.41. The fourth-order valence-electron chi connectivity index (χ4n) is 1.02. The highest BCUT2D eigenvalue weighted by Crippen LogP contribution is 2.33. The van der Waals surface area contributed by atoms with E-state index in [0.717, 1.165) is 0 Å². The summed E-state index contributed by atoms with van der Waals surface area (Å²) in [7, 11) is 1.51. The number of thiophene rings is 1. The summed E-state index contributed by atoms with van der Waals surface area (Å²) in [6.07, 6.45) is 0. The highest BCUT2D eigenvalue weighted by Gasteiger charge is 2.18. The normalized spacial score (nSPS) is 10.2. The third kappa shape index (κ3) is 1.68. The summed E-state index contributed by atoms with van der Waals surface area (Å²) in [5.41, 5.74) is 0. The lowest BCUT2D eigenvalue weighted by molar-refractivity contribution is 0.0680. The smallest absolute Gasteiger partial charge is 0.377 e. The van der Waals surface area contributed by atoms with Gasteiger partial charge in [-0.2, -0.15) is 4.98 Å². The molecule has 0 bridgehead atoms. The van der Waals surface area contributed by atoms with E-state index in [-0.39, 0.29) is 11.7 Å². The number of hydrogen-bond donors (Lipinski definition) is 1. The van der Waals surface area contributed by atoms with Crippen LogP contribution >= 0.6 is 11.3 Å². The summed E-state index contributed by atoms with van der Waals surface area (Å²) in [5.74, 6) is -0.846. The lowest BCUT2D eigenvalue weighted by Crippen LogP contribution is -1.98. The zero-order chi connectivity index (χ0) is 10.8. The number of carboxylic acid groups (broad SMARTS) is 1. The average Bonchev–Trinajstić information content (AvgIpc) is 2.85. The first-order valence-electron chi connectivity index (χ1n) is 3.91. The van der Waals surface area contributed by atoms with Crippen molar-refractivity contribution in [1.82, 2.24) is 10.1 Å². The molecule has 2 heterocycles. The molecular weight excluding hydrogens is 220 g/mol. The first-order valence-corrected chi connectivity index (χ1v) is 4.79. The standard InChI is InChI=1S/C8H6N2O4S/c1-13-4-2-3-15-5(4)7-9-6(8(11)12)10-14-7/h2-3H,1H3,(H,11,12). The molecule has 0 aliphatic heterocycles. The Hall–Kier alpha value is -1.89.